The van der Waals surface area contributed by atoms with Crippen molar-refractivity contribution in [2.24, 2.45) is 23.7 Å². The van der Waals surface area contributed by atoms with Crippen LogP contribution in [-0.2, 0) is 16.0 Å². The van der Waals surface area contributed by atoms with E-state index in [2.05, 4.69) is 19.9 Å². The standard InChI is InChI=1S/C29H42O3/c1-4-9-23(16-22-17-24-13-8-10-20(3)29(24)28(32)18-22)26(5-2)27(31)19-25(30)15-14-21-11-6-7-12-21/h8,10,13,21-23,26H,4-7,9,11-12,14-19H2,1-3H3. The Morgan fingerprint density at radius 3 is 2.50 bits per heavy atom. The average Bonchev–Trinajstić information content (AvgIpc) is 3.26. The van der Waals surface area contributed by atoms with E-state index in [1.807, 2.05) is 19.1 Å². The lowest BCUT2D eigenvalue weighted by Crippen LogP contribution is -2.30. The largest absolute Gasteiger partial charge is 0.299 e. The third-order valence-electron chi connectivity index (χ3n) is 8.02. The van der Waals surface area contributed by atoms with Crippen molar-refractivity contribution >= 4 is 17.3 Å². The molecule has 3 heteroatoms. The summed E-state index contributed by atoms with van der Waals surface area (Å²) < 4.78 is 0. The Hall–Kier alpha value is -1.77. The highest BCUT2D eigenvalue weighted by Crippen LogP contribution is 2.36. The van der Waals surface area contributed by atoms with E-state index in [0.29, 0.717) is 24.7 Å². The molecule has 0 heterocycles. The molecule has 0 amide bonds. The van der Waals surface area contributed by atoms with E-state index in [0.717, 1.165) is 49.7 Å². The van der Waals surface area contributed by atoms with Gasteiger partial charge in [-0.25, -0.2) is 0 Å². The molecule has 3 nitrogen and oxygen atoms in total. The van der Waals surface area contributed by atoms with E-state index in [-0.39, 0.29) is 35.6 Å². The molecule has 176 valence electrons. The number of hydrogen-bond donors (Lipinski definition) is 0. The highest BCUT2D eigenvalue weighted by atomic mass is 16.1. The van der Waals surface area contributed by atoms with Crippen molar-refractivity contribution in [3.05, 3.63) is 34.9 Å². The smallest absolute Gasteiger partial charge is 0.163 e. The molecule has 0 saturated heterocycles. The molecule has 0 bridgehead atoms. The van der Waals surface area contributed by atoms with Gasteiger partial charge in [-0.05, 0) is 61.5 Å². The SMILES string of the molecule is CCCC(CC1CC(=O)c2c(C)cccc2C1)C(CC)C(=O)CC(=O)CCC1CCCC1. The van der Waals surface area contributed by atoms with Crippen LogP contribution in [0.3, 0.4) is 0 Å². The summed E-state index contributed by atoms with van der Waals surface area (Å²) in [5.74, 6) is 1.73. The number of carbonyl (C=O) groups is 3. The van der Waals surface area contributed by atoms with Gasteiger partial charge in [-0.15, -0.1) is 0 Å². The molecule has 0 aliphatic heterocycles. The van der Waals surface area contributed by atoms with Gasteiger partial charge in [0.25, 0.3) is 0 Å². The molecular formula is C29H42O3. The Bertz CT molecular complexity index is 803. The zero-order valence-electron chi connectivity index (χ0n) is 20.5. The molecule has 0 aromatic heterocycles. The number of ketones is 3. The quantitative estimate of drug-likeness (QED) is 0.328. The summed E-state index contributed by atoms with van der Waals surface area (Å²) in [6, 6.07) is 6.15. The van der Waals surface area contributed by atoms with E-state index in [1.54, 1.807) is 0 Å². The van der Waals surface area contributed by atoms with Gasteiger partial charge in [-0.2, -0.15) is 0 Å². The number of Topliss-reactive ketones (excluding diaryl/α,β-unsaturated/α-hetero) is 3. The zero-order valence-corrected chi connectivity index (χ0v) is 20.5. The Morgan fingerprint density at radius 1 is 1.06 bits per heavy atom. The van der Waals surface area contributed by atoms with Gasteiger partial charge >= 0.3 is 0 Å². The average molecular weight is 439 g/mol. The monoisotopic (exact) mass is 438 g/mol. The molecule has 1 fully saturated rings. The topological polar surface area (TPSA) is 51.2 Å². The first-order valence-corrected chi connectivity index (χ1v) is 13.1. The van der Waals surface area contributed by atoms with Crippen LogP contribution < -0.4 is 0 Å². The molecule has 0 spiro atoms. The first-order valence-electron chi connectivity index (χ1n) is 13.1. The van der Waals surface area contributed by atoms with E-state index >= 15 is 0 Å². The fourth-order valence-corrected chi connectivity index (χ4v) is 6.40. The van der Waals surface area contributed by atoms with Crippen molar-refractivity contribution in [3.63, 3.8) is 0 Å². The summed E-state index contributed by atoms with van der Waals surface area (Å²) in [5, 5.41) is 0. The summed E-state index contributed by atoms with van der Waals surface area (Å²) in [6.07, 6.45) is 12.0. The van der Waals surface area contributed by atoms with E-state index in [4.69, 9.17) is 0 Å². The van der Waals surface area contributed by atoms with Crippen molar-refractivity contribution < 1.29 is 14.4 Å². The molecule has 1 aromatic carbocycles. The van der Waals surface area contributed by atoms with Crippen molar-refractivity contribution in [2.45, 2.75) is 104 Å². The maximum Gasteiger partial charge on any atom is 0.163 e. The molecule has 3 unspecified atom stereocenters. The number of rotatable bonds is 12. The summed E-state index contributed by atoms with van der Waals surface area (Å²) in [6.45, 7) is 6.27. The molecule has 0 N–H and O–H groups in total. The maximum atomic E-state index is 13.2. The van der Waals surface area contributed by atoms with Crippen LogP contribution in [0.15, 0.2) is 18.2 Å². The summed E-state index contributed by atoms with van der Waals surface area (Å²) in [5.41, 5.74) is 3.17. The first-order chi connectivity index (χ1) is 15.4. The normalized spacial score (nSPS) is 20.7. The third-order valence-corrected chi connectivity index (χ3v) is 8.02. The second kappa shape index (κ2) is 11.9. The molecular weight excluding hydrogens is 396 g/mol. The lowest BCUT2D eigenvalue weighted by atomic mass is 9.72. The van der Waals surface area contributed by atoms with Crippen molar-refractivity contribution in [1.82, 2.24) is 0 Å². The van der Waals surface area contributed by atoms with Crippen molar-refractivity contribution in [1.29, 1.82) is 0 Å². The van der Waals surface area contributed by atoms with Gasteiger partial charge in [0.05, 0.1) is 6.42 Å². The fourth-order valence-electron chi connectivity index (χ4n) is 6.40. The summed E-state index contributed by atoms with van der Waals surface area (Å²) in [4.78, 5) is 38.6. The summed E-state index contributed by atoms with van der Waals surface area (Å²) in [7, 11) is 0. The Labute approximate surface area is 194 Å². The Balaban J connectivity index is 1.60. The van der Waals surface area contributed by atoms with Gasteiger partial charge in [0.15, 0.2) is 5.78 Å². The molecule has 2 aliphatic carbocycles. The molecule has 0 radical (unpaired) electrons. The predicted molar refractivity (Wildman–Crippen MR) is 130 cm³/mol. The molecule has 2 aliphatic rings. The third kappa shape index (κ3) is 6.39. The van der Waals surface area contributed by atoms with E-state index < -0.39 is 0 Å². The van der Waals surface area contributed by atoms with Crippen molar-refractivity contribution in [3.8, 4) is 0 Å². The lowest BCUT2D eigenvalue weighted by Gasteiger charge is -2.31. The molecule has 3 atom stereocenters. The number of hydrogen-bond acceptors (Lipinski definition) is 3. The number of benzene rings is 1. The minimum Gasteiger partial charge on any atom is -0.299 e. The number of aryl methyl sites for hydroxylation is 1. The second-order valence-electron chi connectivity index (χ2n) is 10.5. The summed E-state index contributed by atoms with van der Waals surface area (Å²) >= 11 is 0. The van der Waals surface area contributed by atoms with E-state index in [1.165, 1.54) is 31.2 Å². The first kappa shape index (κ1) is 24.9. The predicted octanol–water partition coefficient (Wildman–Crippen LogP) is 7.07. The lowest BCUT2D eigenvalue weighted by molar-refractivity contribution is -0.130. The minimum absolute atomic E-state index is 0.0561. The van der Waals surface area contributed by atoms with Crippen LogP contribution >= 0.6 is 0 Å². The van der Waals surface area contributed by atoms with Gasteiger partial charge in [0, 0.05) is 24.3 Å². The van der Waals surface area contributed by atoms with Crippen LogP contribution in [0, 0.1) is 30.6 Å². The number of carbonyl (C=O) groups excluding carboxylic acids is 3. The molecule has 32 heavy (non-hydrogen) atoms. The maximum absolute atomic E-state index is 13.2. The molecule has 1 aromatic rings. The van der Waals surface area contributed by atoms with E-state index in [9.17, 15) is 14.4 Å². The van der Waals surface area contributed by atoms with Crippen LogP contribution in [0.4, 0.5) is 0 Å². The number of fused-ring (bicyclic) bond motifs is 1. The van der Waals surface area contributed by atoms with Gasteiger partial charge in [-0.1, -0.05) is 70.6 Å². The van der Waals surface area contributed by atoms with Crippen molar-refractivity contribution in [2.75, 3.05) is 0 Å². The van der Waals surface area contributed by atoms with Crippen LogP contribution in [0.2, 0.25) is 0 Å². The Morgan fingerprint density at radius 2 is 1.81 bits per heavy atom. The molecule has 3 rings (SSSR count). The van der Waals surface area contributed by atoms with Crippen LogP contribution in [0.25, 0.3) is 0 Å². The minimum atomic E-state index is -0.0561. The highest BCUT2D eigenvalue weighted by molar-refractivity contribution is 6.00. The van der Waals surface area contributed by atoms with Gasteiger partial charge < -0.3 is 0 Å². The van der Waals surface area contributed by atoms with Gasteiger partial charge in [0.1, 0.15) is 11.6 Å². The van der Waals surface area contributed by atoms with Crippen LogP contribution in [-0.4, -0.2) is 17.3 Å². The second-order valence-corrected chi connectivity index (χ2v) is 10.5. The Kier molecular flexibility index (Phi) is 9.25. The van der Waals surface area contributed by atoms with Crippen LogP contribution in [0.1, 0.15) is 112 Å². The highest BCUT2D eigenvalue weighted by Gasteiger charge is 2.33. The molecule has 1 saturated carbocycles. The van der Waals surface area contributed by atoms with Crippen LogP contribution in [0.5, 0.6) is 0 Å². The van der Waals surface area contributed by atoms with Gasteiger partial charge in [0.2, 0.25) is 0 Å². The van der Waals surface area contributed by atoms with Gasteiger partial charge in [-0.3, -0.25) is 14.4 Å². The zero-order chi connectivity index (χ0) is 23.1. The fraction of sp³-hybridized carbons (Fsp3) is 0.690.